The maximum absolute atomic E-state index is 12.6. The fraction of sp³-hybridized carbons (Fsp3) is 0.500. The minimum Gasteiger partial charge on any atom is -0.388 e. The zero-order chi connectivity index (χ0) is 13.6. The minimum atomic E-state index is -0.829. The molecule has 102 valence electrons. The van der Waals surface area contributed by atoms with E-state index in [4.69, 9.17) is 11.6 Å². The Morgan fingerprint density at radius 2 is 1.68 bits per heavy atom. The molecule has 4 nitrogen and oxygen atoms in total. The maximum Gasteiger partial charge on any atom is 0.233 e. The van der Waals surface area contributed by atoms with Crippen molar-refractivity contribution in [2.75, 3.05) is 13.1 Å². The number of likely N-dealkylation sites (tertiary alicyclic amines) is 1. The molecule has 2 N–H and O–H groups in total. The number of hydrogen-bond donors (Lipinski definition) is 2. The highest BCUT2D eigenvalue weighted by Gasteiger charge is 2.54. The number of aliphatic hydroxyl groups excluding tert-OH is 2. The number of carbonyl (C=O) groups excluding carboxylic acids is 1. The molecule has 2 atom stereocenters. The van der Waals surface area contributed by atoms with Crippen LogP contribution in [0.15, 0.2) is 24.3 Å². The Balaban J connectivity index is 1.81. The summed E-state index contributed by atoms with van der Waals surface area (Å²) in [5, 5.41) is 19.7. The van der Waals surface area contributed by atoms with Crippen LogP contribution in [-0.4, -0.2) is 46.3 Å². The maximum atomic E-state index is 12.6. The first-order chi connectivity index (χ1) is 9.03. The summed E-state index contributed by atoms with van der Waals surface area (Å²) in [6.45, 7) is 0.435. The lowest BCUT2D eigenvalue weighted by molar-refractivity contribution is -0.133. The van der Waals surface area contributed by atoms with Crippen LogP contribution in [0.1, 0.15) is 18.4 Å². The third kappa shape index (κ3) is 2.14. The van der Waals surface area contributed by atoms with E-state index in [2.05, 4.69) is 0 Å². The Labute approximate surface area is 116 Å². The summed E-state index contributed by atoms with van der Waals surface area (Å²) >= 11 is 5.87. The van der Waals surface area contributed by atoms with Gasteiger partial charge in [-0.25, -0.2) is 0 Å². The lowest BCUT2D eigenvalue weighted by Crippen LogP contribution is -2.38. The summed E-state index contributed by atoms with van der Waals surface area (Å²) in [7, 11) is 0. The number of benzene rings is 1. The van der Waals surface area contributed by atoms with Crippen molar-refractivity contribution in [3.05, 3.63) is 34.9 Å². The quantitative estimate of drug-likeness (QED) is 0.848. The summed E-state index contributed by atoms with van der Waals surface area (Å²) in [5.41, 5.74) is 0.506. The molecule has 2 unspecified atom stereocenters. The van der Waals surface area contributed by atoms with Crippen LogP contribution in [0.3, 0.4) is 0 Å². The zero-order valence-electron chi connectivity index (χ0n) is 10.4. The standard InChI is InChI=1S/C14H16ClNO3/c15-10-3-1-9(2-4-10)14(5-6-14)13(19)16-7-11(17)12(18)8-16/h1-4,11-12,17-18H,5-8H2. The van der Waals surface area contributed by atoms with E-state index in [-0.39, 0.29) is 19.0 Å². The molecule has 1 aromatic carbocycles. The van der Waals surface area contributed by atoms with Crippen LogP contribution in [0.4, 0.5) is 0 Å². The third-order valence-corrected chi connectivity index (χ3v) is 4.35. The van der Waals surface area contributed by atoms with Crippen molar-refractivity contribution in [2.24, 2.45) is 0 Å². The monoisotopic (exact) mass is 281 g/mol. The molecule has 2 aliphatic rings. The lowest BCUT2D eigenvalue weighted by atomic mass is 9.94. The van der Waals surface area contributed by atoms with Crippen LogP contribution in [-0.2, 0) is 10.2 Å². The average molecular weight is 282 g/mol. The van der Waals surface area contributed by atoms with Crippen LogP contribution in [0.2, 0.25) is 5.02 Å². The number of β-amino-alcohol motifs (C(OH)–C–C–N with tert-alkyl or cyclic N) is 2. The highest BCUT2D eigenvalue weighted by molar-refractivity contribution is 6.30. The molecule has 1 aliphatic heterocycles. The Bertz CT molecular complexity index is 488. The van der Waals surface area contributed by atoms with Crippen molar-refractivity contribution < 1.29 is 15.0 Å². The largest absolute Gasteiger partial charge is 0.388 e. The van der Waals surface area contributed by atoms with E-state index in [9.17, 15) is 15.0 Å². The van der Waals surface area contributed by atoms with E-state index in [1.165, 1.54) is 0 Å². The average Bonchev–Trinajstić information content (AvgIpc) is 3.13. The zero-order valence-corrected chi connectivity index (χ0v) is 11.2. The molecule has 1 saturated heterocycles. The molecule has 3 rings (SSSR count). The van der Waals surface area contributed by atoms with Crippen molar-refractivity contribution in [1.29, 1.82) is 0 Å². The van der Waals surface area contributed by atoms with Gasteiger partial charge in [-0.15, -0.1) is 0 Å². The Hall–Kier alpha value is -1.10. The number of hydrogen-bond acceptors (Lipinski definition) is 3. The fourth-order valence-corrected chi connectivity index (χ4v) is 2.88. The molecule has 0 bridgehead atoms. The summed E-state index contributed by atoms with van der Waals surface area (Å²) < 4.78 is 0. The first-order valence-corrected chi connectivity index (χ1v) is 6.82. The van der Waals surface area contributed by atoms with Crippen LogP contribution in [0.25, 0.3) is 0 Å². The molecular formula is C14H16ClNO3. The highest BCUT2D eigenvalue weighted by Crippen LogP contribution is 2.50. The van der Waals surface area contributed by atoms with Crippen molar-refractivity contribution in [3.8, 4) is 0 Å². The highest BCUT2D eigenvalue weighted by atomic mass is 35.5. The molecule has 19 heavy (non-hydrogen) atoms. The van der Waals surface area contributed by atoms with Crippen LogP contribution < -0.4 is 0 Å². The Morgan fingerprint density at radius 3 is 2.16 bits per heavy atom. The van der Waals surface area contributed by atoms with Crippen molar-refractivity contribution in [3.63, 3.8) is 0 Å². The van der Waals surface area contributed by atoms with Crippen LogP contribution >= 0.6 is 11.6 Å². The van der Waals surface area contributed by atoms with Crippen molar-refractivity contribution >= 4 is 17.5 Å². The summed E-state index contributed by atoms with van der Waals surface area (Å²) in [6, 6.07) is 7.35. The number of halogens is 1. The molecule has 1 amide bonds. The van der Waals surface area contributed by atoms with E-state index < -0.39 is 17.6 Å². The third-order valence-electron chi connectivity index (χ3n) is 4.10. The van der Waals surface area contributed by atoms with Gasteiger partial charge in [-0.05, 0) is 30.5 Å². The van der Waals surface area contributed by atoms with Crippen LogP contribution in [0.5, 0.6) is 0 Å². The molecule has 5 heteroatoms. The van der Waals surface area contributed by atoms with E-state index in [0.29, 0.717) is 5.02 Å². The van der Waals surface area contributed by atoms with Crippen molar-refractivity contribution in [1.82, 2.24) is 4.90 Å². The number of nitrogens with zero attached hydrogens (tertiary/aromatic N) is 1. The molecule has 0 radical (unpaired) electrons. The molecule has 1 heterocycles. The van der Waals surface area contributed by atoms with Gasteiger partial charge in [-0.3, -0.25) is 4.79 Å². The van der Waals surface area contributed by atoms with E-state index in [1.807, 2.05) is 12.1 Å². The summed E-state index contributed by atoms with van der Waals surface area (Å²) in [5.74, 6) is 0.00502. The Morgan fingerprint density at radius 1 is 1.16 bits per heavy atom. The van der Waals surface area contributed by atoms with Gasteiger partial charge < -0.3 is 15.1 Å². The van der Waals surface area contributed by atoms with Gasteiger partial charge in [0.05, 0.1) is 17.6 Å². The smallest absolute Gasteiger partial charge is 0.233 e. The fourth-order valence-electron chi connectivity index (χ4n) is 2.76. The van der Waals surface area contributed by atoms with Gasteiger partial charge in [0.15, 0.2) is 0 Å². The second-order valence-electron chi connectivity index (χ2n) is 5.43. The number of aliphatic hydroxyl groups is 2. The van der Waals surface area contributed by atoms with E-state index in [1.54, 1.807) is 17.0 Å². The topological polar surface area (TPSA) is 60.8 Å². The van der Waals surface area contributed by atoms with E-state index >= 15 is 0 Å². The molecule has 2 fully saturated rings. The van der Waals surface area contributed by atoms with Gasteiger partial charge in [0.1, 0.15) is 0 Å². The van der Waals surface area contributed by atoms with E-state index in [0.717, 1.165) is 18.4 Å². The van der Waals surface area contributed by atoms with Crippen molar-refractivity contribution in [2.45, 2.75) is 30.5 Å². The molecular weight excluding hydrogens is 266 g/mol. The normalized spacial score (nSPS) is 28.5. The number of amides is 1. The second kappa shape index (κ2) is 4.47. The first kappa shape index (κ1) is 12.9. The van der Waals surface area contributed by atoms with Gasteiger partial charge >= 0.3 is 0 Å². The minimum absolute atomic E-state index is 0.00502. The number of carbonyl (C=O) groups is 1. The molecule has 1 aliphatic carbocycles. The Kier molecular flexibility index (Phi) is 3.04. The second-order valence-corrected chi connectivity index (χ2v) is 5.87. The first-order valence-electron chi connectivity index (χ1n) is 6.44. The lowest BCUT2D eigenvalue weighted by Gasteiger charge is -2.23. The van der Waals surface area contributed by atoms with Gasteiger partial charge in [0.25, 0.3) is 0 Å². The van der Waals surface area contributed by atoms with Gasteiger partial charge in [-0.2, -0.15) is 0 Å². The van der Waals surface area contributed by atoms with Gasteiger partial charge in [-0.1, -0.05) is 23.7 Å². The summed E-state index contributed by atoms with van der Waals surface area (Å²) in [6.07, 6.45) is -0.0262. The van der Waals surface area contributed by atoms with Crippen LogP contribution in [0, 0.1) is 0 Å². The predicted molar refractivity (Wildman–Crippen MR) is 71.0 cm³/mol. The number of rotatable bonds is 2. The summed E-state index contributed by atoms with van der Waals surface area (Å²) in [4.78, 5) is 14.1. The predicted octanol–water partition coefficient (Wildman–Crippen LogP) is 0.936. The molecule has 0 aromatic heterocycles. The molecule has 1 aromatic rings. The molecule has 0 spiro atoms. The SMILES string of the molecule is O=C(N1CC(O)C(O)C1)C1(c2ccc(Cl)cc2)CC1. The van der Waals surface area contributed by atoms with Gasteiger partial charge in [0.2, 0.25) is 5.91 Å². The molecule has 1 saturated carbocycles. The van der Waals surface area contributed by atoms with Gasteiger partial charge in [0, 0.05) is 18.1 Å².